The highest BCUT2D eigenvalue weighted by atomic mass is 32.1. The van der Waals surface area contributed by atoms with Gasteiger partial charge in [0, 0.05) is 27.3 Å². The smallest absolute Gasteiger partial charge is 0.265 e. The van der Waals surface area contributed by atoms with Crippen LogP contribution in [0.5, 0.6) is 0 Å². The van der Waals surface area contributed by atoms with Crippen LogP contribution < -0.4 is 10.4 Å². The summed E-state index contributed by atoms with van der Waals surface area (Å²) in [4.78, 5) is 22.7. The monoisotopic (exact) mass is 486 g/mol. The average molecular weight is 487 g/mol. The SMILES string of the molecule is CC(C)(C)c1csc(N/N=C2\C(=O)N(c3nc(-c4ccccc4)cs3)N=C2c2ccccc2)n1. The first kappa shape index (κ1) is 22.1. The molecule has 0 aliphatic carbocycles. The van der Waals surface area contributed by atoms with Gasteiger partial charge in [-0.15, -0.1) is 22.7 Å². The van der Waals surface area contributed by atoms with Crippen LogP contribution in [0.15, 0.2) is 81.6 Å². The Morgan fingerprint density at radius 2 is 1.56 bits per heavy atom. The fourth-order valence-electron chi connectivity index (χ4n) is 3.29. The van der Waals surface area contributed by atoms with E-state index in [1.807, 2.05) is 71.4 Å². The van der Waals surface area contributed by atoms with Crippen LogP contribution in [0.2, 0.25) is 0 Å². The van der Waals surface area contributed by atoms with Crippen molar-refractivity contribution in [1.82, 2.24) is 9.97 Å². The van der Waals surface area contributed by atoms with Gasteiger partial charge in [0.15, 0.2) is 5.71 Å². The molecule has 1 aliphatic heterocycles. The van der Waals surface area contributed by atoms with E-state index in [0.717, 1.165) is 22.5 Å². The highest BCUT2D eigenvalue weighted by molar-refractivity contribution is 7.14. The lowest BCUT2D eigenvalue weighted by molar-refractivity contribution is -0.112. The van der Waals surface area contributed by atoms with Gasteiger partial charge >= 0.3 is 5.91 Å². The van der Waals surface area contributed by atoms with Crippen molar-refractivity contribution in [3.63, 3.8) is 0 Å². The highest BCUT2D eigenvalue weighted by Gasteiger charge is 2.36. The molecule has 3 heterocycles. The van der Waals surface area contributed by atoms with Crippen LogP contribution in [-0.2, 0) is 10.2 Å². The average Bonchev–Trinajstić information content (AvgIpc) is 3.58. The predicted molar refractivity (Wildman–Crippen MR) is 140 cm³/mol. The Kier molecular flexibility index (Phi) is 5.80. The third-order valence-electron chi connectivity index (χ3n) is 5.15. The van der Waals surface area contributed by atoms with E-state index >= 15 is 0 Å². The van der Waals surface area contributed by atoms with Gasteiger partial charge in [-0.05, 0) is 0 Å². The third-order valence-corrected chi connectivity index (χ3v) is 6.71. The zero-order valence-electron chi connectivity index (χ0n) is 18.9. The van der Waals surface area contributed by atoms with Crippen molar-refractivity contribution in [3.8, 4) is 11.3 Å². The molecule has 0 spiro atoms. The molecule has 1 N–H and O–H groups in total. The van der Waals surface area contributed by atoms with Crippen LogP contribution in [0.25, 0.3) is 11.3 Å². The van der Waals surface area contributed by atoms with Gasteiger partial charge in [0.05, 0.1) is 11.4 Å². The number of amides is 1. The first-order valence-corrected chi connectivity index (χ1v) is 12.5. The molecule has 0 bridgehead atoms. The second-order valence-corrected chi connectivity index (χ2v) is 10.4. The standard InChI is InChI=1S/C25H22N6OS2/c1-25(2,3)19-15-33-23(27-19)29-28-21-20(17-12-8-5-9-13-17)30-31(22(21)32)24-26-18(14-34-24)16-10-6-4-7-11-16/h4-15H,1-3H3,(H,27,29)/b28-21-. The van der Waals surface area contributed by atoms with Gasteiger partial charge in [0.2, 0.25) is 10.3 Å². The molecule has 170 valence electrons. The van der Waals surface area contributed by atoms with Crippen LogP contribution in [0.4, 0.5) is 10.3 Å². The molecule has 4 aromatic rings. The molecular weight excluding hydrogens is 464 g/mol. The Balaban J connectivity index is 1.48. The van der Waals surface area contributed by atoms with E-state index in [4.69, 9.17) is 0 Å². The van der Waals surface area contributed by atoms with Crippen LogP contribution in [0.1, 0.15) is 32.0 Å². The molecule has 0 unspecified atom stereocenters. The normalized spacial score (nSPS) is 15.1. The molecule has 1 aliphatic rings. The Morgan fingerprint density at radius 3 is 2.21 bits per heavy atom. The number of hydrazone groups is 2. The number of thiazole rings is 2. The van der Waals surface area contributed by atoms with Crippen LogP contribution in [-0.4, -0.2) is 27.3 Å². The first-order chi connectivity index (χ1) is 16.4. The number of nitrogens with one attached hydrogen (secondary N) is 1. The van der Waals surface area contributed by atoms with E-state index < -0.39 is 0 Å². The number of aromatic nitrogens is 2. The van der Waals surface area contributed by atoms with Crippen molar-refractivity contribution in [1.29, 1.82) is 0 Å². The van der Waals surface area contributed by atoms with Crippen molar-refractivity contribution in [3.05, 3.63) is 82.7 Å². The number of carbonyl (C=O) groups excluding carboxylic acids is 1. The number of rotatable bonds is 5. The molecule has 7 nitrogen and oxygen atoms in total. The molecule has 2 aromatic heterocycles. The fraction of sp³-hybridized carbons (Fsp3) is 0.160. The summed E-state index contributed by atoms with van der Waals surface area (Å²) in [7, 11) is 0. The molecule has 0 atom stereocenters. The van der Waals surface area contributed by atoms with Crippen molar-refractivity contribution in [2.45, 2.75) is 26.2 Å². The molecule has 1 amide bonds. The second kappa shape index (κ2) is 8.92. The number of nitrogens with zero attached hydrogens (tertiary/aromatic N) is 5. The van der Waals surface area contributed by atoms with Gasteiger partial charge in [0.25, 0.3) is 0 Å². The van der Waals surface area contributed by atoms with E-state index in [1.165, 1.54) is 27.7 Å². The summed E-state index contributed by atoms with van der Waals surface area (Å²) in [6.45, 7) is 6.32. The maximum Gasteiger partial charge on any atom is 0.303 e. The van der Waals surface area contributed by atoms with Crippen LogP contribution in [0.3, 0.4) is 0 Å². The molecule has 34 heavy (non-hydrogen) atoms. The van der Waals surface area contributed by atoms with Gasteiger partial charge in [-0.25, -0.2) is 9.97 Å². The lowest BCUT2D eigenvalue weighted by atomic mass is 9.93. The Hall–Kier alpha value is -3.69. The van der Waals surface area contributed by atoms with Gasteiger partial charge in [-0.3, -0.25) is 10.2 Å². The van der Waals surface area contributed by atoms with E-state index in [2.05, 4.69) is 46.4 Å². The summed E-state index contributed by atoms with van der Waals surface area (Å²) in [5.74, 6) is -0.340. The Labute approximate surface area is 205 Å². The first-order valence-electron chi connectivity index (χ1n) is 10.7. The number of benzene rings is 2. The third kappa shape index (κ3) is 4.40. The molecule has 2 aromatic carbocycles. The van der Waals surface area contributed by atoms with Gasteiger partial charge in [-0.2, -0.15) is 15.2 Å². The molecule has 9 heteroatoms. The van der Waals surface area contributed by atoms with Crippen molar-refractivity contribution in [2.24, 2.45) is 10.2 Å². The number of hydrogen-bond donors (Lipinski definition) is 1. The second-order valence-electron chi connectivity index (χ2n) is 8.67. The largest absolute Gasteiger partial charge is 0.303 e. The minimum absolute atomic E-state index is 0.0679. The van der Waals surface area contributed by atoms with E-state index in [1.54, 1.807) is 0 Å². The quantitative estimate of drug-likeness (QED) is 0.362. The minimum Gasteiger partial charge on any atom is -0.265 e. The summed E-state index contributed by atoms with van der Waals surface area (Å²) < 4.78 is 0. The van der Waals surface area contributed by atoms with Crippen molar-refractivity contribution >= 4 is 50.3 Å². The van der Waals surface area contributed by atoms with Crippen LogP contribution >= 0.6 is 22.7 Å². The zero-order valence-corrected chi connectivity index (χ0v) is 20.5. The lowest BCUT2D eigenvalue weighted by Crippen LogP contribution is -2.28. The topological polar surface area (TPSA) is 82.8 Å². The van der Waals surface area contributed by atoms with Gasteiger partial charge < -0.3 is 0 Å². The lowest BCUT2D eigenvalue weighted by Gasteiger charge is -2.13. The predicted octanol–water partition coefficient (Wildman–Crippen LogP) is 5.78. The molecule has 5 rings (SSSR count). The summed E-state index contributed by atoms with van der Waals surface area (Å²) in [6, 6.07) is 19.4. The molecular formula is C25H22N6OS2. The number of hydrogen-bond acceptors (Lipinski definition) is 8. The summed E-state index contributed by atoms with van der Waals surface area (Å²) in [5, 5.41) is 15.4. The Bertz CT molecular complexity index is 1380. The van der Waals surface area contributed by atoms with Gasteiger partial charge in [0.1, 0.15) is 5.71 Å². The molecule has 0 saturated heterocycles. The Morgan fingerprint density at radius 1 is 0.882 bits per heavy atom. The fourth-order valence-corrected chi connectivity index (χ4v) is 4.95. The maximum atomic E-state index is 13.4. The van der Waals surface area contributed by atoms with Crippen LogP contribution in [0, 0.1) is 0 Å². The zero-order chi connectivity index (χ0) is 23.7. The number of carbonyl (C=O) groups is 1. The van der Waals surface area contributed by atoms with Crippen molar-refractivity contribution in [2.75, 3.05) is 10.4 Å². The van der Waals surface area contributed by atoms with E-state index in [0.29, 0.717) is 16.0 Å². The molecule has 0 fully saturated rings. The van der Waals surface area contributed by atoms with E-state index in [9.17, 15) is 4.79 Å². The summed E-state index contributed by atoms with van der Waals surface area (Å²) in [6.07, 6.45) is 0. The summed E-state index contributed by atoms with van der Waals surface area (Å²) >= 11 is 2.82. The molecule has 0 radical (unpaired) electrons. The van der Waals surface area contributed by atoms with E-state index in [-0.39, 0.29) is 17.0 Å². The number of anilines is 2. The van der Waals surface area contributed by atoms with Crippen molar-refractivity contribution < 1.29 is 4.79 Å². The van der Waals surface area contributed by atoms with Gasteiger partial charge in [-0.1, -0.05) is 81.4 Å². The summed E-state index contributed by atoms with van der Waals surface area (Å²) in [5.41, 5.74) is 7.15. The molecule has 0 saturated carbocycles. The highest BCUT2D eigenvalue weighted by Crippen LogP contribution is 2.30. The minimum atomic E-state index is -0.340. The maximum absolute atomic E-state index is 13.4.